The van der Waals surface area contributed by atoms with Crippen LogP contribution in [-0.4, -0.2) is 15.1 Å². The molecule has 0 amide bonds. The first-order chi connectivity index (χ1) is 6.25. The zero-order valence-electron chi connectivity index (χ0n) is 6.32. The average Bonchev–Trinajstić information content (AvgIpc) is 2.53. The van der Waals surface area contributed by atoms with Crippen molar-refractivity contribution in [3.8, 4) is 11.5 Å². The van der Waals surface area contributed by atoms with Crippen molar-refractivity contribution in [3.05, 3.63) is 28.2 Å². The fourth-order valence-corrected chi connectivity index (χ4v) is 1.10. The molecule has 1 N–H and O–H groups in total. The van der Waals surface area contributed by atoms with Crippen LogP contribution >= 0.6 is 23.8 Å². The molecule has 0 bridgehead atoms. The van der Waals surface area contributed by atoms with Crippen molar-refractivity contribution in [3.63, 3.8) is 0 Å². The van der Waals surface area contributed by atoms with E-state index >= 15 is 0 Å². The third-order valence-corrected chi connectivity index (χ3v) is 1.81. The van der Waals surface area contributed by atoms with Crippen LogP contribution in [0.3, 0.4) is 0 Å². The summed E-state index contributed by atoms with van der Waals surface area (Å²) in [5, 5.41) is 3.12. The standard InChI is InChI=1S/C7H4ClN3OS/c8-4-1-2-5(9-3-4)6-10-7(13)12-11-6/h1-3H,(H,10,11,13). The lowest BCUT2D eigenvalue weighted by molar-refractivity contribution is 0.406. The highest BCUT2D eigenvalue weighted by Gasteiger charge is 2.02. The smallest absolute Gasteiger partial charge is 0.314 e. The van der Waals surface area contributed by atoms with Gasteiger partial charge in [-0.3, -0.25) is 4.98 Å². The molecule has 0 spiro atoms. The van der Waals surface area contributed by atoms with E-state index < -0.39 is 0 Å². The molecule has 0 atom stereocenters. The van der Waals surface area contributed by atoms with Crippen molar-refractivity contribution in [1.29, 1.82) is 0 Å². The maximum absolute atomic E-state index is 5.67. The van der Waals surface area contributed by atoms with Crippen LogP contribution in [0.4, 0.5) is 0 Å². The van der Waals surface area contributed by atoms with Crippen LogP contribution in [0.5, 0.6) is 0 Å². The summed E-state index contributed by atoms with van der Waals surface area (Å²) in [5.41, 5.74) is 0.643. The first-order valence-electron chi connectivity index (χ1n) is 3.43. The van der Waals surface area contributed by atoms with E-state index in [4.69, 9.17) is 28.3 Å². The van der Waals surface area contributed by atoms with Crippen molar-refractivity contribution >= 4 is 23.8 Å². The van der Waals surface area contributed by atoms with Crippen molar-refractivity contribution in [2.75, 3.05) is 0 Å². The van der Waals surface area contributed by atoms with Crippen molar-refractivity contribution in [1.82, 2.24) is 15.1 Å². The Morgan fingerprint density at radius 3 is 2.85 bits per heavy atom. The lowest BCUT2D eigenvalue weighted by Gasteiger charge is -1.92. The van der Waals surface area contributed by atoms with Crippen molar-refractivity contribution < 1.29 is 4.52 Å². The minimum Gasteiger partial charge on any atom is -0.348 e. The molecule has 0 radical (unpaired) electrons. The molecule has 0 aromatic carbocycles. The molecule has 0 aliphatic carbocycles. The van der Waals surface area contributed by atoms with Gasteiger partial charge in [-0.05, 0) is 24.4 Å². The van der Waals surface area contributed by atoms with Crippen LogP contribution < -0.4 is 0 Å². The molecule has 66 valence electrons. The van der Waals surface area contributed by atoms with E-state index in [1.165, 1.54) is 6.20 Å². The molecule has 0 saturated heterocycles. The number of H-pyrrole nitrogens is 1. The summed E-state index contributed by atoms with van der Waals surface area (Å²) >= 11 is 10.4. The molecule has 2 aromatic heterocycles. The Balaban J connectivity index is 2.47. The summed E-state index contributed by atoms with van der Waals surface area (Å²) in [6.45, 7) is 0. The zero-order valence-corrected chi connectivity index (χ0v) is 7.89. The highest BCUT2D eigenvalue weighted by Crippen LogP contribution is 2.14. The molecule has 6 heteroatoms. The number of hydrogen-bond acceptors (Lipinski definition) is 4. The van der Waals surface area contributed by atoms with Gasteiger partial charge in [0.2, 0.25) is 0 Å². The molecular weight excluding hydrogens is 210 g/mol. The molecule has 0 unspecified atom stereocenters. The first kappa shape index (κ1) is 8.40. The van der Waals surface area contributed by atoms with Crippen LogP contribution in [0.2, 0.25) is 5.02 Å². The minimum atomic E-state index is 0.159. The second-order valence-electron chi connectivity index (χ2n) is 2.29. The Kier molecular flexibility index (Phi) is 2.12. The zero-order chi connectivity index (χ0) is 9.26. The lowest BCUT2D eigenvalue weighted by atomic mass is 10.3. The van der Waals surface area contributed by atoms with Crippen LogP contribution in [0.1, 0.15) is 0 Å². The molecule has 2 heterocycles. The van der Waals surface area contributed by atoms with Gasteiger partial charge in [-0.2, -0.15) is 10.1 Å². The van der Waals surface area contributed by atoms with E-state index in [2.05, 4.69) is 15.1 Å². The van der Waals surface area contributed by atoms with E-state index in [0.717, 1.165) is 0 Å². The molecule has 2 rings (SSSR count). The fraction of sp³-hybridized carbons (Fsp3) is 0. The number of halogens is 1. The number of nitrogens with zero attached hydrogens (tertiary/aromatic N) is 2. The highest BCUT2D eigenvalue weighted by atomic mass is 35.5. The topological polar surface area (TPSA) is 54.7 Å². The second kappa shape index (κ2) is 3.27. The van der Waals surface area contributed by atoms with Gasteiger partial charge in [-0.1, -0.05) is 11.6 Å². The Labute approximate surface area is 83.6 Å². The van der Waals surface area contributed by atoms with E-state index in [0.29, 0.717) is 16.5 Å². The molecule has 2 aromatic rings. The van der Waals surface area contributed by atoms with Gasteiger partial charge in [-0.25, -0.2) is 0 Å². The average molecular weight is 214 g/mol. The quantitative estimate of drug-likeness (QED) is 0.740. The molecule has 4 nitrogen and oxygen atoms in total. The van der Waals surface area contributed by atoms with Gasteiger partial charge in [0.1, 0.15) is 5.69 Å². The summed E-state index contributed by atoms with van der Waals surface area (Å²) in [6.07, 6.45) is 1.53. The number of rotatable bonds is 1. The third kappa shape index (κ3) is 1.76. The van der Waals surface area contributed by atoms with Crippen molar-refractivity contribution in [2.24, 2.45) is 0 Å². The van der Waals surface area contributed by atoms with Crippen molar-refractivity contribution in [2.45, 2.75) is 0 Å². The predicted octanol–water partition coefficient (Wildman–Crippen LogP) is 2.45. The SMILES string of the molecule is S=c1nc(-c2ccc(Cl)cn2)[nH]o1. The largest absolute Gasteiger partial charge is 0.348 e. The Hall–Kier alpha value is -1.20. The number of pyridine rings is 1. The molecule has 0 saturated carbocycles. The molecule has 0 aliphatic rings. The maximum atomic E-state index is 5.67. The number of aromatic nitrogens is 3. The first-order valence-corrected chi connectivity index (χ1v) is 4.22. The third-order valence-electron chi connectivity index (χ3n) is 1.41. The van der Waals surface area contributed by atoms with E-state index in [-0.39, 0.29) is 4.84 Å². The number of nitrogens with one attached hydrogen (secondary N) is 1. The van der Waals surface area contributed by atoms with Gasteiger partial charge in [0.15, 0.2) is 5.82 Å². The summed E-state index contributed by atoms with van der Waals surface area (Å²) in [7, 11) is 0. The van der Waals surface area contributed by atoms with Gasteiger partial charge < -0.3 is 4.52 Å². The summed E-state index contributed by atoms with van der Waals surface area (Å²) in [4.78, 5) is 8.09. The normalized spacial score (nSPS) is 10.2. The predicted molar refractivity (Wildman–Crippen MR) is 49.9 cm³/mol. The van der Waals surface area contributed by atoms with Gasteiger partial charge in [-0.15, -0.1) is 0 Å². The van der Waals surface area contributed by atoms with Crippen LogP contribution in [0.25, 0.3) is 11.5 Å². The van der Waals surface area contributed by atoms with Gasteiger partial charge in [0.25, 0.3) is 0 Å². The fourth-order valence-electron chi connectivity index (χ4n) is 0.854. The van der Waals surface area contributed by atoms with E-state index in [9.17, 15) is 0 Å². The number of aromatic amines is 1. The maximum Gasteiger partial charge on any atom is 0.314 e. The summed E-state index contributed by atoms with van der Waals surface area (Å²) < 4.78 is 4.75. The van der Waals surface area contributed by atoms with Gasteiger partial charge in [0, 0.05) is 6.20 Å². The Bertz CT molecular complexity index is 461. The minimum absolute atomic E-state index is 0.159. The summed E-state index contributed by atoms with van der Waals surface area (Å²) in [5.74, 6) is 0.502. The molecule has 0 aliphatic heterocycles. The molecule has 13 heavy (non-hydrogen) atoms. The summed E-state index contributed by atoms with van der Waals surface area (Å²) in [6, 6.07) is 3.45. The highest BCUT2D eigenvalue weighted by molar-refractivity contribution is 7.71. The Morgan fingerprint density at radius 1 is 1.46 bits per heavy atom. The Morgan fingerprint density at radius 2 is 2.31 bits per heavy atom. The van der Waals surface area contributed by atoms with Crippen LogP contribution in [0, 0.1) is 4.84 Å². The second-order valence-corrected chi connectivity index (χ2v) is 3.08. The molecular formula is C7H4ClN3OS. The van der Waals surface area contributed by atoms with Gasteiger partial charge >= 0.3 is 4.84 Å². The number of hydrogen-bond donors (Lipinski definition) is 1. The van der Waals surface area contributed by atoms with Crippen LogP contribution in [-0.2, 0) is 0 Å². The van der Waals surface area contributed by atoms with Crippen LogP contribution in [0.15, 0.2) is 22.9 Å². The molecule has 0 fully saturated rings. The van der Waals surface area contributed by atoms with Gasteiger partial charge in [0.05, 0.1) is 5.02 Å². The monoisotopic (exact) mass is 213 g/mol. The lowest BCUT2D eigenvalue weighted by Crippen LogP contribution is -1.83. The van der Waals surface area contributed by atoms with E-state index in [1.807, 2.05) is 0 Å². The van der Waals surface area contributed by atoms with E-state index in [1.54, 1.807) is 12.1 Å².